The molecule has 2 unspecified atom stereocenters. The molecule has 114 valence electrons. The van der Waals surface area contributed by atoms with Gasteiger partial charge in [-0.2, -0.15) is 13.2 Å². The summed E-state index contributed by atoms with van der Waals surface area (Å²) in [7, 11) is 0. The van der Waals surface area contributed by atoms with E-state index in [9.17, 15) is 13.2 Å². The highest BCUT2D eigenvalue weighted by Gasteiger charge is 2.31. The summed E-state index contributed by atoms with van der Waals surface area (Å²) >= 11 is 5.75. The van der Waals surface area contributed by atoms with Gasteiger partial charge in [0.2, 0.25) is 0 Å². The van der Waals surface area contributed by atoms with Gasteiger partial charge in [-0.1, -0.05) is 31.9 Å². The first-order valence-corrected chi connectivity index (χ1v) is 7.00. The van der Waals surface area contributed by atoms with Crippen LogP contribution in [-0.4, -0.2) is 12.6 Å². The van der Waals surface area contributed by atoms with E-state index in [1.54, 1.807) is 0 Å². The van der Waals surface area contributed by atoms with Crippen LogP contribution in [0.15, 0.2) is 18.2 Å². The van der Waals surface area contributed by atoms with E-state index in [1.165, 1.54) is 6.07 Å². The van der Waals surface area contributed by atoms with Crippen LogP contribution in [0.5, 0.6) is 0 Å². The molecular formula is C14H20ClF3N2. The highest BCUT2D eigenvalue weighted by Crippen LogP contribution is 2.33. The number of halogens is 4. The van der Waals surface area contributed by atoms with Crippen molar-refractivity contribution in [3.63, 3.8) is 0 Å². The second-order valence-corrected chi connectivity index (χ2v) is 5.42. The fraction of sp³-hybridized carbons (Fsp3) is 0.571. The first kappa shape index (κ1) is 17.1. The van der Waals surface area contributed by atoms with Crippen molar-refractivity contribution >= 4 is 17.3 Å². The number of anilines is 1. The third-order valence-corrected chi connectivity index (χ3v) is 3.48. The molecule has 2 atom stereocenters. The largest absolute Gasteiger partial charge is 0.416 e. The smallest absolute Gasteiger partial charge is 0.381 e. The Bertz CT molecular complexity index is 435. The molecule has 0 aliphatic heterocycles. The monoisotopic (exact) mass is 308 g/mol. The number of hydrogen-bond donors (Lipinski definition) is 2. The summed E-state index contributed by atoms with van der Waals surface area (Å²) in [5.41, 5.74) is 5.29. The summed E-state index contributed by atoms with van der Waals surface area (Å²) in [4.78, 5) is 0. The SMILES string of the molecule is CCCC(C)C(CN)Nc1cc(Cl)cc(C(F)(F)F)c1. The van der Waals surface area contributed by atoms with E-state index in [4.69, 9.17) is 17.3 Å². The topological polar surface area (TPSA) is 38.0 Å². The number of benzene rings is 1. The maximum absolute atomic E-state index is 12.7. The van der Waals surface area contributed by atoms with Crippen LogP contribution in [0.3, 0.4) is 0 Å². The van der Waals surface area contributed by atoms with Gasteiger partial charge in [0.25, 0.3) is 0 Å². The lowest BCUT2D eigenvalue weighted by atomic mass is 9.96. The molecule has 0 radical (unpaired) electrons. The molecule has 0 spiro atoms. The first-order chi connectivity index (χ1) is 9.27. The Morgan fingerprint density at radius 1 is 1.30 bits per heavy atom. The highest BCUT2D eigenvalue weighted by molar-refractivity contribution is 6.30. The number of hydrogen-bond acceptors (Lipinski definition) is 2. The van der Waals surface area contributed by atoms with Gasteiger partial charge in [0, 0.05) is 23.3 Å². The van der Waals surface area contributed by atoms with Gasteiger partial charge in [0.05, 0.1) is 5.56 Å². The van der Waals surface area contributed by atoms with E-state index in [0.29, 0.717) is 12.2 Å². The van der Waals surface area contributed by atoms with Gasteiger partial charge in [-0.3, -0.25) is 0 Å². The second kappa shape index (κ2) is 7.18. The summed E-state index contributed by atoms with van der Waals surface area (Å²) in [6.45, 7) is 4.45. The first-order valence-electron chi connectivity index (χ1n) is 6.62. The lowest BCUT2D eigenvalue weighted by molar-refractivity contribution is -0.137. The average molecular weight is 309 g/mol. The molecule has 6 heteroatoms. The minimum Gasteiger partial charge on any atom is -0.381 e. The van der Waals surface area contributed by atoms with Crippen molar-refractivity contribution in [2.75, 3.05) is 11.9 Å². The van der Waals surface area contributed by atoms with Crippen molar-refractivity contribution in [1.29, 1.82) is 0 Å². The standard InChI is InChI=1S/C14H20ClF3N2/c1-3-4-9(2)13(8-19)20-12-6-10(14(16,17)18)5-11(15)7-12/h5-7,9,13,20H,3-4,8,19H2,1-2H3. The van der Waals surface area contributed by atoms with Crippen LogP contribution >= 0.6 is 11.6 Å². The zero-order valence-corrected chi connectivity index (χ0v) is 12.4. The summed E-state index contributed by atoms with van der Waals surface area (Å²) in [6.07, 6.45) is -2.45. The Morgan fingerprint density at radius 2 is 1.95 bits per heavy atom. The van der Waals surface area contributed by atoms with Gasteiger partial charge in [0.15, 0.2) is 0 Å². The number of alkyl halides is 3. The molecule has 0 amide bonds. The number of nitrogens with one attached hydrogen (secondary N) is 1. The Balaban J connectivity index is 2.93. The second-order valence-electron chi connectivity index (χ2n) is 4.98. The molecule has 1 rings (SSSR count). The van der Waals surface area contributed by atoms with Gasteiger partial charge in [-0.05, 0) is 30.5 Å². The van der Waals surface area contributed by atoms with Crippen LogP contribution < -0.4 is 11.1 Å². The third-order valence-electron chi connectivity index (χ3n) is 3.26. The molecule has 0 saturated heterocycles. The van der Waals surface area contributed by atoms with Crippen LogP contribution in [0.4, 0.5) is 18.9 Å². The van der Waals surface area contributed by atoms with Crippen LogP contribution in [0.1, 0.15) is 32.3 Å². The zero-order valence-electron chi connectivity index (χ0n) is 11.6. The van der Waals surface area contributed by atoms with Gasteiger partial charge in [-0.25, -0.2) is 0 Å². The molecule has 2 nitrogen and oxygen atoms in total. The normalized spacial score (nSPS) is 14.9. The van der Waals surface area contributed by atoms with Crippen molar-refractivity contribution in [2.45, 2.75) is 38.9 Å². The average Bonchev–Trinajstić information content (AvgIpc) is 2.34. The molecule has 0 heterocycles. The molecule has 0 aromatic heterocycles. The van der Waals surface area contributed by atoms with Crippen LogP contribution in [0.2, 0.25) is 5.02 Å². The molecule has 0 bridgehead atoms. The van der Waals surface area contributed by atoms with Crippen LogP contribution in [-0.2, 0) is 6.18 Å². The molecule has 0 saturated carbocycles. The summed E-state index contributed by atoms with van der Waals surface area (Å²) < 4.78 is 38.2. The van der Waals surface area contributed by atoms with E-state index >= 15 is 0 Å². The maximum Gasteiger partial charge on any atom is 0.416 e. The van der Waals surface area contributed by atoms with Crippen molar-refractivity contribution in [1.82, 2.24) is 0 Å². The predicted molar refractivity (Wildman–Crippen MR) is 77.0 cm³/mol. The fourth-order valence-electron chi connectivity index (χ4n) is 2.14. The fourth-order valence-corrected chi connectivity index (χ4v) is 2.38. The van der Waals surface area contributed by atoms with Crippen molar-refractivity contribution in [3.05, 3.63) is 28.8 Å². The van der Waals surface area contributed by atoms with Crippen molar-refractivity contribution < 1.29 is 13.2 Å². The molecule has 3 N–H and O–H groups in total. The molecule has 0 fully saturated rings. The molecule has 1 aromatic carbocycles. The molecule has 0 aliphatic rings. The lowest BCUT2D eigenvalue weighted by Crippen LogP contribution is -2.35. The number of rotatable bonds is 6. The van der Waals surface area contributed by atoms with Gasteiger partial charge in [-0.15, -0.1) is 0 Å². The van der Waals surface area contributed by atoms with Crippen molar-refractivity contribution in [3.8, 4) is 0 Å². The zero-order chi connectivity index (χ0) is 15.3. The van der Waals surface area contributed by atoms with E-state index in [0.717, 1.165) is 25.0 Å². The summed E-state index contributed by atoms with van der Waals surface area (Å²) in [5, 5.41) is 3.11. The summed E-state index contributed by atoms with van der Waals surface area (Å²) in [6, 6.07) is 3.39. The third kappa shape index (κ3) is 4.87. The van der Waals surface area contributed by atoms with Gasteiger partial charge in [0.1, 0.15) is 0 Å². The predicted octanol–water partition coefficient (Wildman–Crippen LogP) is 4.53. The summed E-state index contributed by atoms with van der Waals surface area (Å²) in [5.74, 6) is 0.276. The molecule has 20 heavy (non-hydrogen) atoms. The maximum atomic E-state index is 12.7. The Labute approximate surface area is 122 Å². The van der Waals surface area contributed by atoms with E-state index in [2.05, 4.69) is 12.2 Å². The quantitative estimate of drug-likeness (QED) is 0.810. The molecule has 1 aromatic rings. The van der Waals surface area contributed by atoms with Crippen LogP contribution in [0, 0.1) is 5.92 Å². The highest BCUT2D eigenvalue weighted by atomic mass is 35.5. The van der Waals surface area contributed by atoms with Gasteiger partial charge < -0.3 is 11.1 Å². The Morgan fingerprint density at radius 3 is 2.45 bits per heavy atom. The minimum atomic E-state index is -4.41. The number of nitrogens with two attached hydrogens (primary N) is 1. The lowest BCUT2D eigenvalue weighted by Gasteiger charge is -2.25. The minimum absolute atomic E-state index is 0.0567. The van der Waals surface area contributed by atoms with E-state index in [-0.39, 0.29) is 17.0 Å². The molecular weight excluding hydrogens is 289 g/mol. The van der Waals surface area contributed by atoms with E-state index < -0.39 is 11.7 Å². The van der Waals surface area contributed by atoms with E-state index in [1.807, 2.05) is 6.92 Å². The Kier molecular flexibility index (Phi) is 6.14. The molecule has 0 aliphatic carbocycles. The van der Waals surface area contributed by atoms with Crippen LogP contribution in [0.25, 0.3) is 0 Å². The Hall–Kier alpha value is -0.940. The van der Waals surface area contributed by atoms with Gasteiger partial charge >= 0.3 is 6.18 Å². The van der Waals surface area contributed by atoms with Crippen molar-refractivity contribution in [2.24, 2.45) is 11.7 Å².